The predicted octanol–water partition coefficient (Wildman–Crippen LogP) is 1.56. The number of non-ortho nitro benzene ring substituents is 1. The quantitative estimate of drug-likeness (QED) is 0.495. The van der Waals surface area contributed by atoms with Crippen molar-refractivity contribution < 1.29 is 14.4 Å². The van der Waals surface area contributed by atoms with Crippen LogP contribution in [0.1, 0.15) is 18.7 Å². The van der Waals surface area contributed by atoms with Crippen LogP contribution >= 0.6 is 0 Å². The van der Waals surface area contributed by atoms with E-state index in [0.717, 1.165) is 0 Å². The Morgan fingerprint density at radius 3 is 2.68 bits per heavy atom. The minimum absolute atomic E-state index is 0.0307. The molecule has 3 N–H and O–H groups in total. The van der Waals surface area contributed by atoms with E-state index in [1.165, 1.54) is 12.1 Å². The molecule has 0 bridgehead atoms. The number of hydrogen-bond donors (Lipinski definition) is 3. The highest BCUT2D eigenvalue weighted by Gasteiger charge is 2.12. The van der Waals surface area contributed by atoms with Crippen molar-refractivity contribution >= 4 is 17.1 Å². The standard InChI is InChI=1S/C13H17N5O4/c1-2-12-16-17-13(22-12)8-15-11-7-9(18(20)21)3-4-10(11)14-5-6-19/h3-4,7,14-15,19H,2,5-6,8H2,1H3. The summed E-state index contributed by atoms with van der Waals surface area (Å²) in [5.41, 5.74) is 1.14. The van der Waals surface area contributed by atoms with Gasteiger partial charge in [-0.15, -0.1) is 10.2 Å². The average molecular weight is 307 g/mol. The summed E-state index contributed by atoms with van der Waals surface area (Å²) in [6.07, 6.45) is 0.646. The highest BCUT2D eigenvalue weighted by molar-refractivity contribution is 5.71. The van der Waals surface area contributed by atoms with Crippen molar-refractivity contribution in [1.29, 1.82) is 0 Å². The van der Waals surface area contributed by atoms with Crippen LogP contribution < -0.4 is 10.6 Å². The fraction of sp³-hybridized carbons (Fsp3) is 0.385. The van der Waals surface area contributed by atoms with Crippen LogP contribution in [0, 0.1) is 10.1 Å². The van der Waals surface area contributed by atoms with Crippen molar-refractivity contribution in [3.63, 3.8) is 0 Å². The smallest absolute Gasteiger partial charge is 0.271 e. The lowest BCUT2D eigenvalue weighted by Crippen LogP contribution is -2.09. The minimum Gasteiger partial charge on any atom is -0.423 e. The Morgan fingerprint density at radius 1 is 1.27 bits per heavy atom. The van der Waals surface area contributed by atoms with Gasteiger partial charge in [-0.25, -0.2) is 0 Å². The molecule has 2 aromatic rings. The summed E-state index contributed by atoms with van der Waals surface area (Å²) >= 11 is 0. The molecule has 0 atom stereocenters. The van der Waals surface area contributed by atoms with Crippen molar-refractivity contribution in [2.45, 2.75) is 19.9 Å². The van der Waals surface area contributed by atoms with Gasteiger partial charge >= 0.3 is 0 Å². The van der Waals surface area contributed by atoms with Crippen LogP contribution in [0.5, 0.6) is 0 Å². The number of nitrogens with one attached hydrogen (secondary N) is 2. The number of aromatic nitrogens is 2. The van der Waals surface area contributed by atoms with Gasteiger partial charge in [0.1, 0.15) is 0 Å². The number of nitrogens with zero attached hydrogens (tertiary/aromatic N) is 3. The summed E-state index contributed by atoms with van der Waals surface area (Å²) in [5.74, 6) is 0.936. The van der Waals surface area contributed by atoms with Gasteiger partial charge in [-0.3, -0.25) is 10.1 Å². The first kappa shape index (κ1) is 15.7. The molecule has 0 amide bonds. The van der Waals surface area contributed by atoms with Gasteiger partial charge in [-0.2, -0.15) is 0 Å². The fourth-order valence-electron chi connectivity index (χ4n) is 1.81. The number of anilines is 2. The number of aliphatic hydroxyl groups excluding tert-OH is 1. The topological polar surface area (TPSA) is 126 Å². The Morgan fingerprint density at radius 2 is 2.05 bits per heavy atom. The second-order valence-corrected chi connectivity index (χ2v) is 4.43. The van der Waals surface area contributed by atoms with Crippen molar-refractivity contribution in [1.82, 2.24) is 10.2 Å². The monoisotopic (exact) mass is 307 g/mol. The van der Waals surface area contributed by atoms with E-state index in [4.69, 9.17) is 9.52 Å². The van der Waals surface area contributed by atoms with Crippen molar-refractivity contribution in [3.8, 4) is 0 Å². The van der Waals surface area contributed by atoms with Gasteiger partial charge in [0, 0.05) is 25.1 Å². The molecule has 1 aromatic carbocycles. The third-order valence-electron chi connectivity index (χ3n) is 2.88. The van der Waals surface area contributed by atoms with Gasteiger partial charge in [0.05, 0.1) is 29.4 Å². The average Bonchev–Trinajstić information content (AvgIpc) is 2.99. The van der Waals surface area contributed by atoms with E-state index in [1.807, 2.05) is 6.92 Å². The van der Waals surface area contributed by atoms with Crippen molar-refractivity contribution in [3.05, 3.63) is 40.1 Å². The zero-order valence-corrected chi connectivity index (χ0v) is 12.1. The fourth-order valence-corrected chi connectivity index (χ4v) is 1.81. The van der Waals surface area contributed by atoms with Crippen LogP contribution in [0.15, 0.2) is 22.6 Å². The third kappa shape index (κ3) is 3.92. The maximum atomic E-state index is 10.9. The zero-order chi connectivity index (χ0) is 15.9. The first-order valence-electron chi connectivity index (χ1n) is 6.82. The molecule has 0 aliphatic carbocycles. The predicted molar refractivity (Wildman–Crippen MR) is 79.7 cm³/mol. The molecule has 0 unspecified atom stereocenters. The lowest BCUT2D eigenvalue weighted by Gasteiger charge is -2.12. The lowest BCUT2D eigenvalue weighted by atomic mass is 10.2. The van der Waals surface area contributed by atoms with Crippen LogP contribution in [-0.4, -0.2) is 33.4 Å². The molecule has 1 aromatic heterocycles. The molecule has 0 saturated carbocycles. The first-order valence-corrected chi connectivity index (χ1v) is 6.82. The van der Waals surface area contributed by atoms with E-state index in [1.54, 1.807) is 6.07 Å². The molecule has 0 fully saturated rings. The SMILES string of the molecule is CCc1nnc(CNc2cc([N+](=O)[O-])ccc2NCCO)o1. The molecule has 0 radical (unpaired) electrons. The van der Waals surface area contributed by atoms with Crippen LogP contribution in [-0.2, 0) is 13.0 Å². The number of hydrogen-bond acceptors (Lipinski definition) is 8. The normalized spacial score (nSPS) is 10.5. The summed E-state index contributed by atoms with van der Waals surface area (Å²) in [4.78, 5) is 10.4. The Kier molecular flexibility index (Phi) is 5.26. The van der Waals surface area contributed by atoms with Crippen molar-refractivity contribution in [2.24, 2.45) is 0 Å². The van der Waals surface area contributed by atoms with Crippen LogP contribution in [0.25, 0.3) is 0 Å². The molecule has 118 valence electrons. The summed E-state index contributed by atoms with van der Waals surface area (Å²) in [6, 6.07) is 4.39. The summed E-state index contributed by atoms with van der Waals surface area (Å²) in [6.45, 7) is 2.46. The van der Waals surface area contributed by atoms with E-state index in [-0.39, 0.29) is 18.8 Å². The largest absolute Gasteiger partial charge is 0.423 e. The molecule has 9 nitrogen and oxygen atoms in total. The second-order valence-electron chi connectivity index (χ2n) is 4.43. The molecule has 0 aliphatic heterocycles. The van der Waals surface area contributed by atoms with Gasteiger partial charge in [0.2, 0.25) is 11.8 Å². The summed E-state index contributed by atoms with van der Waals surface area (Å²) < 4.78 is 5.37. The van der Waals surface area contributed by atoms with Crippen LogP contribution in [0.2, 0.25) is 0 Å². The molecule has 22 heavy (non-hydrogen) atoms. The molecular formula is C13H17N5O4. The number of nitro groups is 1. The third-order valence-corrected chi connectivity index (χ3v) is 2.88. The van der Waals surface area contributed by atoms with Gasteiger partial charge < -0.3 is 20.2 Å². The molecule has 0 saturated heterocycles. The summed E-state index contributed by atoms with van der Waals surface area (Å²) in [5, 5.41) is 33.5. The van der Waals surface area contributed by atoms with Gasteiger partial charge in [0.15, 0.2) is 0 Å². The first-order chi connectivity index (χ1) is 10.6. The zero-order valence-electron chi connectivity index (χ0n) is 12.1. The minimum atomic E-state index is -0.469. The number of rotatable bonds is 8. The van der Waals surface area contributed by atoms with Crippen molar-refractivity contribution in [2.75, 3.05) is 23.8 Å². The Hall–Kier alpha value is -2.68. The molecule has 1 heterocycles. The molecule has 0 spiro atoms. The maximum absolute atomic E-state index is 10.9. The number of aryl methyl sites for hydroxylation is 1. The molecule has 2 rings (SSSR count). The second kappa shape index (κ2) is 7.36. The highest BCUT2D eigenvalue weighted by atomic mass is 16.6. The Bertz CT molecular complexity index is 643. The van der Waals surface area contributed by atoms with E-state index >= 15 is 0 Å². The molecule has 0 aliphatic rings. The van der Waals surface area contributed by atoms with Gasteiger partial charge in [-0.05, 0) is 6.07 Å². The number of benzene rings is 1. The molecular weight excluding hydrogens is 290 g/mol. The lowest BCUT2D eigenvalue weighted by molar-refractivity contribution is -0.384. The highest BCUT2D eigenvalue weighted by Crippen LogP contribution is 2.27. The Labute approximate surface area is 126 Å². The van der Waals surface area contributed by atoms with E-state index in [0.29, 0.717) is 36.1 Å². The number of aliphatic hydroxyl groups is 1. The van der Waals surface area contributed by atoms with Crippen LogP contribution in [0.4, 0.5) is 17.1 Å². The molecule has 9 heteroatoms. The summed E-state index contributed by atoms with van der Waals surface area (Å²) in [7, 11) is 0. The van der Waals surface area contributed by atoms with E-state index in [2.05, 4.69) is 20.8 Å². The maximum Gasteiger partial charge on any atom is 0.271 e. The van der Waals surface area contributed by atoms with E-state index in [9.17, 15) is 10.1 Å². The van der Waals surface area contributed by atoms with Gasteiger partial charge in [0.25, 0.3) is 5.69 Å². The van der Waals surface area contributed by atoms with Gasteiger partial charge in [-0.1, -0.05) is 6.92 Å². The Balaban J connectivity index is 2.14. The van der Waals surface area contributed by atoms with Crippen LogP contribution in [0.3, 0.4) is 0 Å². The number of nitro benzene ring substituents is 1. The van der Waals surface area contributed by atoms with E-state index < -0.39 is 4.92 Å².